The summed E-state index contributed by atoms with van der Waals surface area (Å²) in [5.41, 5.74) is 0.692. The number of anilines is 1. The fraction of sp³-hybridized carbons (Fsp3) is 0.118. The van der Waals surface area contributed by atoms with Crippen molar-refractivity contribution in [3.63, 3.8) is 0 Å². The Kier molecular flexibility index (Phi) is 6.19. The van der Waals surface area contributed by atoms with Gasteiger partial charge in [0.25, 0.3) is 5.91 Å². The molecular weight excluding hydrogens is 351 g/mol. The van der Waals surface area contributed by atoms with Gasteiger partial charge in [-0.2, -0.15) is 5.26 Å². The first-order chi connectivity index (χ1) is 11.5. The van der Waals surface area contributed by atoms with E-state index in [1.165, 1.54) is 23.1 Å². The molecule has 0 heterocycles. The number of hydrogen-bond acceptors (Lipinski definition) is 4. The van der Waals surface area contributed by atoms with Crippen LogP contribution < -0.4 is 4.90 Å². The average Bonchev–Trinajstić information content (AvgIpc) is 2.57. The zero-order valence-corrected chi connectivity index (χ0v) is 13.9. The number of carbonyl (C=O) groups is 2. The van der Waals surface area contributed by atoms with Crippen molar-refractivity contribution in [3.8, 4) is 6.07 Å². The Morgan fingerprint density at radius 2 is 1.71 bits per heavy atom. The van der Waals surface area contributed by atoms with Crippen LogP contribution in [-0.2, 0) is 9.53 Å². The van der Waals surface area contributed by atoms with Crippen molar-refractivity contribution in [2.45, 2.75) is 0 Å². The molecule has 0 radical (unpaired) electrons. The second-order valence-corrected chi connectivity index (χ2v) is 5.58. The summed E-state index contributed by atoms with van der Waals surface area (Å²) >= 11 is 11.7. The molecule has 1 amide bonds. The highest BCUT2D eigenvalue weighted by molar-refractivity contribution is 6.35. The molecule has 0 aliphatic carbocycles. The van der Waals surface area contributed by atoms with Gasteiger partial charge in [0.05, 0.1) is 11.6 Å². The summed E-state index contributed by atoms with van der Waals surface area (Å²) in [4.78, 5) is 25.5. The third-order valence-corrected chi connectivity index (χ3v) is 3.46. The summed E-state index contributed by atoms with van der Waals surface area (Å²) in [7, 11) is 0. The highest BCUT2D eigenvalue weighted by Crippen LogP contribution is 2.20. The Bertz CT molecular complexity index is 768. The second kappa shape index (κ2) is 8.34. The molecule has 0 unspecified atom stereocenters. The number of ether oxygens (including phenoxy) is 1. The van der Waals surface area contributed by atoms with Gasteiger partial charge in [0, 0.05) is 15.7 Å². The van der Waals surface area contributed by atoms with Crippen LogP contribution in [0.2, 0.25) is 10.0 Å². The molecule has 0 aliphatic rings. The lowest BCUT2D eigenvalue weighted by molar-refractivity contribution is -0.121. The Hall–Kier alpha value is -2.55. The summed E-state index contributed by atoms with van der Waals surface area (Å²) in [5, 5.41) is 9.46. The molecule has 0 aliphatic heterocycles. The summed E-state index contributed by atoms with van der Waals surface area (Å²) in [6, 6.07) is 14.8. The molecule has 0 aromatic heterocycles. The number of nitriles is 1. The van der Waals surface area contributed by atoms with Crippen molar-refractivity contribution in [1.29, 1.82) is 5.26 Å². The number of nitrogens with zero attached hydrogens (tertiary/aromatic N) is 2. The molecule has 0 spiro atoms. The fourth-order valence-corrected chi connectivity index (χ4v) is 2.49. The van der Waals surface area contributed by atoms with E-state index in [1.807, 2.05) is 6.07 Å². The molecule has 0 atom stereocenters. The van der Waals surface area contributed by atoms with Crippen LogP contribution in [0.1, 0.15) is 10.4 Å². The maximum atomic E-state index is 12.2. The lowest BCUT2D eigenvalue weighted by Crippen LogP contribution is -2.35. The van der Waals surface area contributed by atoms with Gasteiger partial charge < -0.3 is 4.74 Å². The zero-order chi connectivity index (χ0) is 17.5. The second-order valence-electron chi connectivity index (χ2n) is 4.71. The fourth-order valence-electron chi connectivity index (χ4n) is 1.96. The first-order valence-corrected chi connectivity index (χ1v) is 7.62. The van der Waals surface area contributed by atoms with Crippen molar-refractivity contribution in [2.75, 3.05) is 18.1 Å². The van der Waals surface area contributed by atoms with Crippen molar-refractivity contribution < 1.29 is 14.3 Å². The van der Waals surface area contributed by atoms with Crippen LogP contribution in [0.3, 0.4) is 0 Å². The van der Waals surface area contributed by atoms with Crippen molar-refractivity contribution in [3.05, 3.63) is 64.1 Å². The van der Waals surface area contributed by atoms with E-state index < -0.39 is 18.5 Å². The quantitative estimate of drug-likeness (QED) is 0.600. The number of benzene rings is 2. The molecule has 2 rings (SSSR count). The van der Waals surface area contributed by atoms with Gasteiger partial charge in [-0.1, -0.05) is 41.4 Å². The smallest absolute Gasteiger partial charge is 0.338 e. The van der Waals surface area contributed by atoms with Crippen LogP contribution in [0, 0.1) is 11.3 Å². The lowest BCUT2D eigenvalue weighted by Gasteiger charge is -2.19. The minimum Gasteiger partial charge on any atom is -0.452 e. The Morgan fingerprint density at radius 1 is 1.08 bits per heavy atom. The Morgan fingerprint density at radius 3 is 2.29 bits per heavy atom. The lowest BCUT2D eigenvalue weighted by atomic mass is 10.2. The first-order valence-electron chi connectivity index (χ1n) is 6.87. The van der Waals surface area contributed by atoms with E-state index in [9.17, 15) is 9.59 Å². The van der Waals surface area contributed by atoms with E-state index in [-0.39, 0.29) is 22.2 Å². The highest BCUT2D eigenvalue weighted by atomic mass is 35.5. The van der Waals surface area contributed by atoms with Gasteiger partial charge in [-0.25, -0.2) is 4.79 Å². The van der Waals surface area contributed by atoms with E-state index in [2.05, 4.69) is 0 Å². The summed E-state index contributed by atoms with van der Waals surface area (Å²) < 4.78 is 4.99. The van der Waals surface area contributed by atoms with Gasteiger partial charge in [-0.3, -0.25) is 9.69 Å². The first kappa shape index (κ1) is 17.8. The molecule has 0 fully saturated rings. The number of halogens is 2. The van der Waals surface area contributed by atoms with E-state index in [4.69, 9.17) is 33.2 Å². The molecule has 7 heteroatoms. The number of amides is 1. The summed E-state index contributed by atoms with van der Waals surface area (Å²) in [6.07, 6.45) is 0. The topological polar surface area (TPSA) is 70.4 Å². The Balaban J connectivity index is 2.05. The molecule has 0 bridgehead atoms. The average molecular weight is 363 g/mol. The van der Waals surface area contributed by atoms with Crippen LogP contribution >= 0.6 is 23.2 Å². The van der Waals surface area contributed by atoms with Crippen molar-refractivity contribution in [2.24, 2.45) is 0 Å². The van der Waals surface area contributed by atoms with E-state index in [0.717, 1.165) is 0 Å². The van der Waals surface area contributed by atoms with Gasteiger partial charge >= 0.3 is 5.97 Å². The minimum absolute atomic E-state index is 0.145. The number of carbonyl (C=O) groups excluding carboxylic acids is 2. The SMILES string of the molecule is N#CCN(C(=O)COC(=O)c1cc(Cl)cc(Cl)c1)c1ccccc1. The summed E-state index contributed by atoms with van der Waals surface area (Å²) in [5.74, 6) is -1.23. The van der Waals surface area contributed by atoms with Gasteiger partial charge in [0.1, 0.15) is 6.54 Å². The van der Waals surface area contributed by atoms with Crippen LogP contribution in [0.15, 0.2) is 48.5 Å². The predicted octanol–water partition coefficient (Wildman–Crippen LogP) is 3.71. The molecule has 0 saturated heterocycles. The predicted molar refractivity (Wildman–Crippen MR) is 91.2 cm³/mol. The molecule has 0 saturated carbocycles. The monoisotopic (exact) mass is 362 g/mol. The van der Waals surface area contributed by atoms with E-state index in [1.54, 1.807) is 30.3 Å². The number of hydrogen-bond donors (Lipinski definition) is 0. The van der Waals surface area contributed by atoms with Gasteiger partial charge in [-0.05, 0) is 30.3 Å². The van der Waals surface area contributed by atoms with Crippen molar-refractivity contribution in [1.82, 2.24) is 0 Å². The normalized spacial score (nSPS) is 9.88. The molecule has 122 valence electrons. The maximum absolute atomic E-state index is 12.2. The Labute approximate surface area is 149 Å². The zero-order valence-electron chi connectivity index (χ0n) is 12.4. The number of esters is 1. The standard InChI is InChI=1S/C17H12Cl2N2O3/c18-13-8-12(9-14(19)10-13)17(23)24-11-16(22)21(7-6-20)15-4-2-1-3-5-15/h1-5,8-10H,7,11H2. The summed E-state index contributed by atoms with van der Waals surface area (Å²) in [6.45, 7) is -0.650. The third kappa shape index (κ3) is 4.72. The van der Waals surface area contributed by atoms with Crippen LogP contribution in [0.5, 0.6) is 0 Å². The number of para-hydroxylation sites is 1. The van der Waals surface area contributed by atoms with Crippen molar-refractivity contribution >= 4 is 40.8 Å². The molecule has 24 heavy (non-hydrogen) atoms. The molecule has 2 aromatic rings. The number of rotatable bonds is 5. The van der Waals surface area contributed by atoms with Crippen LogP contribution in [0.4, 0.5) is 5.69 Å². The molecule has 0 N–H and O–H groups in total. The molecule has 2 aromatic carbocycles. The van der Waals surface area contributed by atoms with Gasteiger partial charge in [0.15, 0.2) is 6.61 Å². The van der Waals surface area contributed by atoms with E-state index >= 15 is 0 Å². The maximum Gasteiger partial charge on any atom is 0.338 e. The van der Waals surface area contributed by atoms with Crippen LogP contribution in [-0.4, -0.2) is 25.0 Å². The van der Waals surface area contributed by atoms with Gasteiger partial charge in [-0.15, -0.1) is 0 Å². The van der Waals surface area contributed by atoms with Gasteiger partial charge in [0.2, 0.25) is 0 Å². The van der Waals surface area contributed by atoms with Crippen LogP contribution in [0.25, 0.3) is 0 Å². The molecule has 5 nitrogen and oxygen atoms in total. The minimum atomic E-state index is -0.724. The highest BCUT2D eigenvalue weighted by Gasteiger charge is 2.18. The third-order valence-electron chi connectivity index (χ3n) is 3.02. The molecular formula is C17H12Cl2N2O3. The van der Waals surface area contributed by atoms with E-state index in [0.29, 0.717) is 5.69 Å². The largest absolute Gasteiger partial charge is 0.452 e.